The van der Waals surface area contributed by atoms with Crippen LogP contribution in [-0.2, 0) is 4.79 Å². The number of imide groups is 1. The first-order valence-electron chi connectivity index (χ1n) is 9.02. The van der Waals surface area contributed by atoms with Gasteiger partial charge in [-0.15, -0.1) is 0 Å². The van der Waals surface area contributed by atoms with E-state index in [1.807, 2.05) is 6.92 Å². The zero-order valence-corrected chi connectivity index (χ0v) is 13.9. The largest absolute Gasteiger partial charge is 0.335 e. The molecule has 2 aliphatic rings. The van der Waals surface area contributed by atoms with Crippen LogP contribution in [0.1, 0.15) is 71.1 Å². The third-order valence-electron chi connectivity index (χ3n) is 4.99. The molecule has 3 amide bonds. The van der Waals surface area contributed by atoms with Crippen molar-refractivity contribution < 1.29 is 9.59 Å². The summed E-state index contributed by atoms with van der Waals surface area (Å²) < 4.78 is 0. The van der Waals surface area contributed by atoms with Crippen LogP contribution in [0.4, 0.5) is 4.79 Å². The summed E-state index contributed by atoms with van der Waals surface area (Å²) in [5.41, 5.74) is 0. The fourth-order valence-corrected chi connectivity index (χ4v) is 3.51. The van der Waals surface area contributed by atoms with Gasteiger partial charge >= 0.3 is 6.03 Å². The number of nitrogens with one attached hydrogen (secondary N) is 2. The molecule has 0 aromatic carbocycles. The van der Waals surface area contributed by atoms with Gasteiger partial charge in [-0.2, -0.15) is 0 Å². The molecule has 0 aromatic heterocycles. The summed E-state index contributed by atoms with van der Waals surface area (Å²) in [4.78, 5) is 26.5. The van der Waals surface area contributed by atoms with Crippen molar-refractivity contribution in [2.75, 3.05) is 13.1 Å². The first-order chi connectivity index (χ1) is 10.7. The number of amides is 3. The van der Waals surface area contributed by atoms with E-state index < -0.39 is 0 Å². The van der Waals surface area contributed by atoms with Gasteiger partial charge in [0.25, 0.3) is 0 Å². The van der Waals surface area contributed by atoms with E-state index in [1.165, 1.54) is 38.5 Å². The smallest absolute Gasteiger partial charge is 0.321 e. The Morgan fingerprint density at radius 2 is 1.45 bits per heavy atom. The van der Waals surface area contributed by atoms with Crippen molar-refractivity contribution >= 4 is 11.9 Å². The van der Waals surface area contributed by atoms with Gasteiger partial charge in [0.15, 0.2) is 0 Å². The first kappa shape index (κ1) is 17.3. The van der Waals surface area contributed by atoms with Crippen LogP contribution in [0, 0.1) is 0 Å². The summed E-state index contributed by atoms with van der Waals surface area (Å²) >= 11 is 0. The number of hydrogen-bond donors (Lipinski definition) is 2. The van der Waals surface area contributed by atoms with Gasteiger partial charge < -0.3 is 5.32 Å². The van der Waals surface area contributed by atoms with Gasteiger partial charge in [0.2, 0.25) is 5.91 Å². The van der Waals surface area contributed by atoms with Crippen LogP contribution < -0.4 is 10.6 Å². The normalized spacial score (nSPS) is 23.1. The highest BCUT2D eigenvalue weighted by Gasteiger charge is 2.24. The number of carbonyl (C=O) groups excluding carboxylic acids is 2. The van der Waals surface area contributed by atoms with E-state index in [9.17, 15) is 9.59 Å². The molecule has 2 N–H and O–H groups in total. The lowest BCUT2D eigenvalue weighted by atomic mass is 9.96. The molecule has 0 spiro atoms. The van der Waals surface area contributed by atoms with Crippen LogP contribution in [0.2, 0.25) is 0 Å². The highest BCUT2D eigenvalue weighted by molar-refractivity contribution is 5.96. The zero-order valence-electron chi connectivity index (χ0n) is 13.9. The average Bonchev–Trinajstić information content (AvgIpc) is 2.47. The lowest BCUT2D eigenvalue weighted by Crippen LogP contribution is -2.52. The molecule has 1 saturated heterocycles. The van der Waals surface area contributed by atoms with E-state index in [0.29, 0.717) is 0 Å². The molecule has 0 radical (unpaired) electrons. The maximum Gasteiger partial charge on any atom is 0.321 e. The van der Waals surface area contributed by atoms with E-state index in [1.54, 1.807) is 0 Å². The lowest BCUT2D eigenvalue weighted by molar-refractivity contribution is -0.124. The molecule has 1 saturated carbocycles. The Labute approximate surface area is 134 Å². The molecule has 1 aliphatic heterocycles. The molecule has 2 rings (SSSR count). The van der Waals surface area contributed by atoms with E-state index in [2.05, 4.69) is 15.5 Å². The van der Waals surface area contributed by atoms with Crippen LogP contribution in [0.25, 0.3) is 0 Å². The predicted octanol–water partition coefficient (Wildman–Crippen LogP) is 2.80. The molecule has 0 bridgehead atoms. The highest BCUT2D eigenvalue weighted by Crippen LogP contribution is 2.17. The van der Waals surface area contributed by atoms with Crippen LogP contribution in [0.3, 0.4) is 0 Å². The minimum atomic E-state index is -0.323. The second kappa shape index (κ2) is 9.13. The quantitative estimate of drug-likeness (QED) is 0.842. The Morgan fingerprint density at radius 1 is 0.909 bits per heavy atom. The molecule has 1 aliphatic carbocycles. The maximum atomic E-state index is 12.3. The number of urea groups is 1. The molecule has 5 heteroatoms. The van der Waals surface area contributed by atoms with Gasteiger partial charge in [0, 0.05) is 6.04 Å². The monoisotopic (exact) mass is 309 g/mol. The Kier molecular flexibility index (Phi) is 7.16. The SMILES string of the molecule is C[C@@H](C(=O)NC(=O)NC1CCCCC1)N1CCCCCCC1. The number of nitrogens with zero attached hydrogens (tertiary/aromatic N) is 1. The van der Waals surface area contributed by atoms with Gasteiger partial charge in [0.1, 0.15) is 0 Å². The van der Waals surface area contributed by atoms with Crippen molar-refractivity contribution in [3.05, 3.63) is 0 Å². The summed E-state index contributed by atoms with van der Waals surface area (Å²) in [6.45, 7) is 3.82. The van der Waals surface area contributed by atoms with Crippen molar-refractivity contribution in [2.45, 2.75) is 83.2 Å². The van der Waals surface area contributed by atoms with E-state index in [-0.39, 0.29) is 24.0 Å². The summed E-state index contributed by atoms with van der Waals surface area (Å²) in [5, 5.41) is 5.47. The summed E-state index contributed by atoms with van der Waals surface area (Å²) in [6, 6.07) is -0.315. The number of rotatable bonds is 3. The van der Waals surface area contributed by atoms with E-state index in [4.69, 9.17) is 0 Å². The van der Waals surface area contributed by atoms with Crippen molar-refractivity contribution in [2.24, 2.45) is 0 Å². The highest BCUT2D eigenvalue weighted by atomic mass is 16.2. The Balaban J connectivity index is 1.75. The number of likely N-dealkylation sites (tertiary alicyclic amines) is 1. The Bertz CT molecular complexity index is 359. The van der Waals surface area contributed by atoms with E-state index in [0.717, 1.165) is 38.8 Å². The van der Waals surface area contributed by atoms with Crippen molar-refractivity contribution in [3.63, 3.8) is 0 Å². The fourth-order valence-electron chi connectivity index (χ4n) is 3.51. The number of hydrogen-bond acceptors (Lipinski definition) is 3. The van der Waals surface area contributed by atoms with Crippen molar-refractivity contribution in [1.29, 1.82) is 0 Å². The molecular weight excluding hydrogens is 278 g/mol. The summed E-state index contributed by atoms with van der Waals surface area (Å²) in [6.07, 6.45) is 11.7. The van der Waals surface area contributed by atoms with Gasteiger partial charge in [-0.05, 0) is 45.7 Å². The van der Waals surface area contributed by atoms with Crippen LogP contribution in [0.15, 0.2) is 0 Å². The van der Waals surface area contributed by atoms with Crippen molar-refractivity contribution in [3.8, 4) is 0 Å². The third kappa shape index (κ3) is 5.59. The first-order valence-corrected chi connectivity index (χ1v) is 9.02. The van der Waals surface area contributed by atoms with E-state index >= 15 is 0 Å². The minimum Gasteiger partial charge on any atom is -0.335 e. The Morgan fingerprint density at radius 3 is 2.09 bits per heavy atom. The van der Waals surface area contributed by atoms with Gasteiger partial charge in [-0.3, -0.25) is 15.0 Å². The molecular formula is C17H31N3O2. The molecule has 22 heavy (non-hydrogen) atoms. The minimum absolute atomic E-state index is 0.172. The van der Waals surface area contributed by atoms with Gasteiger partial charge in [0.05, 0.1) is 6.04 Å². The molecule has 126 valence electrons. The average molecular weight is 309 g/mol. The third-order valence-corrected chi connectivity index (χ3v) is 4.99. The lowest BCUT2D eigenvalue weighted by Gasteiger charge is -2.30. The fraction of sp³-hybridized carbons (Fsp3) is 0.882. The Hall–Kier alpha value is -1.10. The van der Waals surface area contributed by atoms with Gasteiger partial charge in [-0.25, -0.2) is 4.79 Å². The molecule has 2 fully saturated rings. The molecule has 5 nitrogen and oxygen atoms in total. The summed E-state index contributed by atoms with van der Waals surface area (Å²) in [5.74, 6) is -0.172. The topological polar surface area (TPSA) is 61.4 Å². The molecule has 1 heterocycles. The van der Waals surface area contributed by atoms with Crippen molar-refractivity contribution in [1.82, 2.24) is 15.5 Å². The molecule has 0 aromatic rings. The van der Waals surface area contributed by atoms with Crippen LogP contribution in [0.5, 0.6) is 0 Å². The maximum absolute atomic E-state index is 12.3. The van der Waals surface area contributed by atoms with Crippen LogP contribution in [-0.4, -0.2) is 42.0 Å². The van der Waals surface area contributed by atoms with Crippen LogP contribution >= 0.6 is 0 Å². The molecule has 0 unspecified atom stereocenters. The summed E-state index contributed by atoms with van der Waals surface area (Å²) in [7, 11) is 0. The predicted molar refractivity (Wildman–Crippen MR) is 87.7 cm³/mol. The second-order valence-electron chi connectivity index (χ2n) is 6.78. The zero-order chi connectivity index (χ0) is 15.8. The van der Waals surface area contributed by atoms with Gasteiger partial charge in [-0.1, -0.05) is 38.5 Å². The number of carbonyl (C=O) groups is 2. The molecule has 1 atom stereocenters. The standard InChI is InChI=1S/C17H31N3O2/c1-14(20-12-8-3-2-4-9-13-20)16(21)19-17(22)18-15-10-6-5-7-11-15/h14-15H,2-13H2,1H3,(H2,18,19,21,22)/t14-/m0/s1. The second-order valence-corrected chi connectivity index (χ2v) is 6.78.